The minimum absolute atomic E-state index is 0.0177. The van der Waals surface area contributed by atoms with Crippen LogP contribution in [0, 0.1) is 24.7 Å². The van der Waals surface area contributed by atoms with E-state index in [0.29, 0.717) is 17.1 Å². The molecule has 2 N–H and O–H groups in total. The maximum absolute atomic E-state index is 13.5. The number of benzene rings is 2. The van der Waals surface area contributed by atoms with E-state index in [9.17, 15) is 22.8 Å². The maximum atomic E-state index is 13.5. The van der Waals surface area contributed by atoms with Crippen molar-refractivity contribution >= 4 is 23.3 Å². The van der Waals surface area contributed by atoms with Gasteiger partial charge in [-0.3, -0.25) is 9.59 Å². The highest BCUT2D eigenvalue weighted by Crippen LogP contribution is 2.33. The lowest BCUT2D eigenvalue weighted by molar-refractivity contribution is -0.137. The van der Waals surface area contributed by atoms with E-state index in [1.165, 1.54) is 29.4 Å². The molecule has 2 aromatic carbocycles. The summed E-state index contributed by atoms with van der Waals surface area (Å²) in [5.41, 5.74) is 1.20. The first-order chi connectivity index (χ1) is 18.7. The number of hydrogen-bond acceptors (Lipinski definition) is 5. The molecule has 0 atom stereocenters. The first kappa shape index (κ1) is 25.7. The molecule has 2 amide bonds. The van der Waals surface area contributed by atoms with Gasteiger partial charge in [0.05, 0.1) is 11.9 Å². The smallest absolute Gasteiger partial charge is 0.322 e. The molecule has 39 heavy (non-hydrogen) atoms. The molecule has 8 nitrogen and oxygen atoms in total. The number of carbonyl (C=O) groups excluding carboxylic acids is 2. The third kappa shape index (κ3) is 6.30. The van der Waals surface area contributed by atoms with Crippen molar-refractivity contribution in [2.45, 2.75) is 25.9 Å². The summed E-state index contributed by atoms with van der Waals surface area (Å²) in [6, 6.07) is 11.3. The third-order valence-corrected chi connectivity index (χ3v) is 5.99. The predicted molar refractivity (Wildman–Crippen MR) is 137 cm³/mol. The molecule has 2 heterocycles. The predicted octanol–water partition coefficient (Wildman–Crippen LogP) is 4.99. The van der Waals surface area contributed by atoms with Crippen LogP contribution < -0.4 is 10.6 Å². The second kappa shape index (κ2) is 10.4. The van der Waals surface area contributed by atoms with Gasteiger partial charge in [-0.2, -0.15) is 13.2 Å². The van der Waals surface area contributed by atoms with Crippen molar-refractivity contribution in [1.82, 2.24) is 19.7 Å². The van der Waals surface area contributed by atoms with Gasteiger partial charge in [0.2, 0.25) is 5.91 Å². The standard InChI is InChI=1S/C28H21F3N6O2/c1-17-2-3-20(12-19(17)6-7-22-8-9-25(36-35-22)34-26(38)18-4-5-18)27(39)33-23-13-21(28(29,30)31)14-24(15-23)37-11-10-32-16-37/h2-3,8-16,18H,4-5H2,1H3,(H,33,39)(H,34,36,38). The summed E-state index contributed by atoms with van der Waals surface area (Å²) in [5.74, 6) is 5.56. The molecular weight excluding hydrogens is 509 g/mol. The number of hydrogen-bond donors (Lipinski definition) is 2. The van der Waals surface area contributed by atoms with Gasteiger partial charge in [-0.25, -0.2) is 4.98 Å². The maximum Gasteiger partial charge on any atom is 0.416 e. The van der Waals surface area contributed by atoms with Crippen LogP contribution in [0.4, 0.5) is 24.7 Å². The Morgan fingerprint density at radius 3 is 2.49 bits per heavy atom. The van der Waals surface area contributed by atoms with Gasteiger partial charge in [0.1, 0.15) is 5.69 Å². The van der Waals surface area contributed by atoms with Crippen LogP contribution in [-0.4, -0.2) is 31.6 Å². The van der Waals surface area contributed by atoms with Gasteiger partial charge in [0.25, 0.3) is 5.91 Å². The van der Waals surface area contributed by atoms with Gasteiger partial charge >= 0.3 is 6.18 Å². The summed E-state index contributed by atoms with van der Waals surface area (Å²) in [6.45, 7) is 1.82. The molecule has 1 aliphatic carbocycles. The second-order valence-electron chi connectivity index (χ2n) is 9.04. The lowest BCUT2D eigenvalue weighted by Crippen LogP contribution is -2.14. The molecule has 0 spiro atoms. The quantitative estimate of drug-likeness (QED) is 0.354. The molecule has 196 valence electrons. The molecule has 0 saturated heterocycles. The summed E-state index contributed by atoms with van der Waals surface area (Å²) in [4.78, 5) is 28.7. The van der Waals surface area contributed by atoms with Gasteiger partial charge in [-0.15, -0.1) is 10.2 Å². The molecule has 0 aliphatic heterocycles. The van der Waals surface area contributed by atoms with E-state index >= 15 is 0 Å². The number of anilines is 2. The van der Waals surface area contributed by atoms with Crippen molar-refractivity contribution in [2.75, 3.05) is 10.6 Å². The van der Waals surface area contributed by atoms with Crippen LogP contribution in [0.3, 0.4) is 0 Å². The lowest BCUT2D eigenvalue weighted by atomic mass is 10.0. The zero-order valence-electron chi connectivity index (χ0n) is 20.6. The molecule has 2 aromatic heterocycles. The number of carbonyl (C=O) groups is 2. The normalized spacial score (nSPS) is 12.8. The van der Waals surface area contributed by atoms with E-state index in [0.717, 1.165) is 30.5 Å². The Morgan fingerprint density at radius 2 is 1.82 bits per heavy atom. The van der Waals surface area contributed by atoms with Crippen molar-refractivity contribution in [2.24, 2.45) is 5.92 Å². The third-order valence-electron chi connectivity index (χ3n) is 5.99. The van der Waals surface area contributed by atoms with Gasteiger partial charge in [0, 0.05) is 40.8 Å². The summed E-state index contributed by atoms with van der Waals surface area (Å²) in [5, 5.41) is 13.2. The Balaban J connectivity index is 1.34. The highest BCUT2D eigenvalue weighted by Gasteiger charge is 2.32. The number of imidazole rings is 1. The summed E-state index contributed by atoms with van der Waals surface area (Å²) in [6.07, 6.45) is 1.48. The topological polar surface area (TPSA) is 102 Å². The fourth-order valence-corrected chi connectivity index (χ4v) is 3.68. The first-order valence-corrected chi connectivity index (χ1v) is 11.9. The van der Waals surface area contributed by atoms with Crippen LogP contribution in [-0.2, 0) is 11.0 Å². The monoisotopic (exact) mass is 530 g/mol. The van der Waals surface area contributed by atoms with Crippen LogP contribution in [0.1, 0.15) is 45.6 Å². The van der Waals surface area contributed by atoms with Gasteiger partial charge in [0.15, 0.2) is 5.82 Å². The highest BCUT2D eigenvalue weighted by molar-refractivity contribution is 6.04. The van der Waals surface area contributed by atoms with Gasteiger partial charge in [-0.05, 0) is 73.7 Å². The van der Waals surface area contributed by atoms with E-state index < -0.39 is 17.6 Å². The number of nitrogens with one attached hydrogen (secondary N) is 2. The van der Waals surface area contributed by atoms with Crippen LogP contribution in [0.25, 0.3) is 5.69 Å². The number of amides is 2. The van der Waals surface area contributed by atoms with E-state index in [4.69, 9.17) is 0 Å². The largest absolute Gasteiger partial charge is 0.416 e. The van der Waals surface area contributed by atoms with E-state index in [1.807, 2.05) is 6.92 Å². The van der Waals surface area contributed by atoms with Crippen LogP contribution >= 0.6 is 0 Å². The molecule has 1 fully saturated rings. The number of halogens is 3. The average Bonchev–Trinajstić information content (AvgIpc) is 3.62. The van der Waals surface area contributed by atoms with Crippen LogP contribution in [0.2, 0.25) is 0 Å². The Labute approximate surface area is 221 Å². The Hall–Kier alpha value is -4.98. The van der Waals surface area contributed by atoms with Crippen molar-refractivity contribution < 1.29 is 22.8 Å². The number of alkyl halides is 3. The van der Waals surface area contributed by atoms with E-state index in [-0.39, 0.29) is 28.8 Å². The molecule has 0 unspecified atom stereocenters. The zero-order valence-corrected chi connectivity index (χ0v) is 20.6. The zero-order chi connectivity index (χ0) is 27.6. The SMILES string of the molecule is Cc1ccc(C(=O)Nc2cc(-n3ccnc3)cc(C(F)(F)F)c2)cc1C#Cc1ccc(NC(=O)C2CC2)nn1. The number of aryl methyl sites for hydroxylation is 1. The van der Waals surface area contributed by atoms with Crippen LogP contribution in [0.15, 0.2) is 67.3 Å². The molecule has 4 aromatic rings. The summed E-state index contributed by atoms with van der Waals surface area (Å²) < 4.78 is 41.9. The van der Waals surface area contributed by atoms with Gasteiger partial charge < -0.3 is 15.2 Å². The molecule has 0 radical (unpaired) electrons. The average molecular weight is 531 g/mol. The van der Waals surface area contributed by atoms with Crippen molar-refractivity contribution in [3.05, 3.63) is 95.2 Å². The molecule has 0 bridgehead atoms. The lowest BCUT2D eigenvalue weighted by Gasteiger charge is -2.14. The summed E-state index contributed by atoms with van der Waals surface area (Å²) >= 11 is 0. The molecule has 1 saturated carbocycles. The number of aromatic nitrogens is 4. The highest BCUT2D eigenvalue weighted by atomic mass is 19.4. The van der Waals surface area contributed by atoms with Crippen LogP contribution in [0.5, 0.6) is 0 Å². The van der Waals surface area contributed by atoms with Crippen molar-refractivity contribution in [3.8, 4) is 17.5 Å². The Kier molecular flexibility index (Phi) is 6.85. The molecule has 1 aliphatic rings. The fourth-order valence-electron chi connectivity index (χ4n) is 3.68. The molecule has 5 rings (SSSR count). The van der Waals surface area contributed by atoms with E-state index in [1.54, 1.807) is 30.3 Å². The van der Waals surface area contributed by atoms with Gasteiger partial charge in [-0.1, -0.05) is 12.0 Å². The number of nitrogens with zero attached hydrogens (tertiary/aromatic N) is 4. The first-order valence-electron chi connectivity index (χ1n) is 11.9. The summed E-state index contributed by atoms with van der Waals surface area (Å²) in [7, 11) is 0. The molecule has 11 heteroatoms. The Morgan fingerprint density at radius 1 is 1.00 bits per heavy atom. The van der Waals surface area contributed by atoms with Crippen molar-refractivity contribution in [3.63, 3.8) is 0 Å². The number of rotatable bonds is 5. The second-order valence-corrected chi connectivity index (χ2v) is 9.04. The van der Waals surface area contributed by atoms with E-state index in [2.05, 4.69) is 37.7 Å². The fraction of sp³-hybridized carbons (Fsp3) is 0.179. The molecular formula is C28H21F3N6O2. The Bertz CT molecular complexity index is 1600. The van der Waals surface area contributed by atoms with Crippen molar-refractivity contribution in [1.29, 1.82) is 0 Å². The minimum atomic E-state index is -4.60. The minimum Gasteiger partial charge on any atom is -0.322 e.